The van der Waals surface area contributed by atoms with Crippen LogP contribution >= 0.6 is 0 Å². The number of hydrogen-bond donors (Lipinski definition) is 2. The summed E-state index contributed by atoms with van der Waals surface area (Å²) >= 11 is 0. The van der Waals surface area contributed by atoms with Gasteiger partial charge in [0.05, 0.1) is 21.3 Å². The molecule has 0 spiro atoms. The van der Waals surface area contributed by atoms with Gasteiger partial charge in [0.25, 0.3) is 0 Å². The summed E-state index contributed by atoms with van der Waals surface area (Å²) < 4.78 is 15.9. The van der Waals surface area contributed by atoms with Gasteiger partial charge in [0.2, 0.25) is 11.7 Å². The zero-order valence-corrected chi connectivity index (χ0v) is 14.1. The van der Waals surface area contributed by atoms with Crippen molar-refractivity contribution in [3.05, 3.63) is 12.1 Å². The van der Waals surface area contributed by atoms with Crippen LogP contribution in [0.15, 0.2) is 12.1 Å². The molecule has 0 aromatic heterocycles. The Bertz CT molecular complexity index is 480. The molecule has 2 atom stereocenters. The van der Waals surface area contributed by atoms with E-state index in [2.05, 4.69) is 10.6 Å². The lowest BCUT2D eigenvalue weighted by molar-refractivity contribution is -0.122. The van der Waals surface area contributed by atoms with Crippen LogP contribution in [0.25, 0.3) is 0 Å². The van der Waals surface area contributed by atoms with E-state index in [1.165, 1.54) is 0 Å². The maximum Gasteiger partial charge on any atom is 0.242 e. The van der Waals surface area contributed by atoms with Gasteiger partial charge >= 0.3 is 0 Å². The van der Waals surface area contributed by atoms with Crippen molar-refractivity contribution in [3.8, 4) is 17.2 Å². The van der Waals surface area contributed by atoms with Crippen LogP contribution in [0.3, 0.4) is 0 Å². The molecule has 6 nitrogen and oxygen atoms in total. The van der Waals surface area contributed by atoms with E-state index >= 15 is 0 Å². The molecule has 1 amide bonds. The van der Waals surface area contributed by atoms with Crippen LogP contribution in [0.2, 0.25) is 0 Å². The molecule has 1 aromatic rings. The second kappa shape index (κ2) is 8.36. The summed E-state index contributed by atoms with van der Waals surface area (Å²) in [6, 6.07) is 3.32. The molecule has 0 aliphatic rings. The quantitative estimate of drug-likeness (QED) is 0.772. The van der Waals surface area contributed by atoms with Crippen LogP contribution < -0.4 is 24.8 Å². The number of amides is 1. The van der Waals surface area contributed by atoms with Crippen molar-refractivity contribution in [2.75, 3.05) is 26.6 Å². The molecule has 2 unspecified atom stereocenters. The van der Waals surface area contributed by atoms with Crippen LogP contribution in [0, 0.1) is 0 Å². The molecule has 0 aliphatic heterocycles. The Morgan fingerprint density at radius 2 is 1.64 bits per heavy atom. The van der Waals surface area contributed by atoms with E-state index < -0.39 is 0 Å². The highest BCUT2D eigenvalue weighted by Gasteiger charge is 2.17. The molecule has 0 heterocycles. The molecule has 0 fully saturated rings. The van der Waals surface area contributed by atoms with Crippen molar-refractivity contribution in [3.63, 3.8) is 0 Å². The molecule has 124 valence electrons. The van der Waals surface area contributed by atoms with Crippen molar-refractivity contribution in [2.45, 2.75) is 39.3 Å². The first kappa shape index (κ1) is 17.9. The van der Waals surface area contributed by atoms with E-state index in [0.29, 0.717) is 17.2 Å². The van der Waals surface area contributed by atoms with Gasteiger partial charge in [-0.1, -0.05) is 6.92 Å². The minimum Gasteiger partial charge on any atom is -0.493 e. The zero-order chi connectivity index (χ0) is 16.7. The average Bonchev–Trinajstić information content (AvgIpc) is 2.53. The van der Waals surface area contributed by atoms with E-state index in [1.54, 1.807) is 40.4 Å². The molecular formula is C16H26N2O4. The monoisotopic (exact) mass is 310 g/mol. The molecule has 1 rings (SSSR count). The van der Waals surface area contributed by atoms with E-state index in [4.69, 9.17) is 14.2 Å². The Kier molecular flexibility index (Phi) is 6.82. The maximum absolute atomic E-state index is 12.1. The second-order valence-corrected chi connectivity index (χ2v) is 5.10. The largest absolute Gasteiger partial charge is 0.493 e. The second-order valence-electron chi connectivity index (χ2n) is 5.10. The Labute approximate surface area is 132 Å². The lowest BCUT2D eigenvalue weighted by Gasteiger charge is -2.20. The van der Waals surface area contributed by atoms with Gasteiger partial charge < -0.3 is 24.8 Å². The SMILES string of the molecule is CCC(C)NC(=O)C(C)Nc1cc(OC)c(OC)c(OC)c1. The summed E-state index contributed by atoms with van der Waals surface area (Å²) in [6.07, 6.45) is 0.892. The number of benzene rings is 1. The van der Waals surface area contributed by atoms with Crippen LogP contribution in [0.4, 0.5) is 5.69 Å². The normalized spacial score (nSPS) is 13.0. The Balaban J connectivity index is 2.91. The first-order valence-corrected chi connectivity index (χ1v) is 7.33. The molecule has 22 heavy (non-hydrogen) atoms. The third-order valence-corrected chi connectivity index (χ3v) is 3.44. The lowest BCUT2D eigenvalue weighted by atomic mass is 10.2. The van der Waals surface area contributed by atoms with Gasteiger partial charge in [0.15, 0.2) is 11.5 Å². The molecule has 0 saturated carbocycles. The average molecular weight is 310 g/mol. The highest BCUT2D eigenvalue weighted by molar-refractivity contribution is 5.84. The fourth-order valence-corrected chi connectivity index (χ4v) is 1.95. The summed E-state index contributed by atoms with van der Waals surface area (Å²) in [7, 11) is 4.66. The molecule has 0 radical (unpaired) electrons. The number of ether oxygens (including phenoxy) is 3. The highest BCUT2D eigenvalue weighted by Crippen LogP contribution is 2.40. The fraction of sp³-hybridized carbons (Fsp3) is 0.562. The number of hydrogen-bond acceptors (Lipinski definition) is 5. The van der Waals surface area contributed by atoms with Crippen LogP contribution in [-0.2, 0) is 4.79 Å². The number of methoxy groups -OCH3 is 3. The van der Waals surface area contributed by atoms with Gasteiger partial charge in [-0.15, -0.1) is 0 Å². The van der Waals surface area contributed by atoms with Gasteiger partial charge in [0.1, 0.15) is 6.04 Å². The minimum absolute atomic E-state index is 0.0527. The number of carbonyl (C=O) groups is 1. The molecule has 1 aromatic carbocycles. The van der Waals surface area contributed by atoms with Crippen molar-refractivity contribution < 1.29 is 19.0 Å². The van der Waals surface area contributed by atoms with Crippen LogP contribution in [0.5, 0.6) is 17.2 Å². The van der Waals surface area contributed by atoms with Crippen LogP contribution in [0.1, 0.15) is 27.2 Å². The Morgan fingerprint density at radius 3 is 2.05 bits per heavy atom. The Morgan fingerprint density at radius 1 is 1.09 bits per heavy atom. The van der Waals surface area contributed by atoms with Crippen molar-refractivity contribution in [1.29, 1.82) is 0 Å². The molecule has 0 aliphatic carbocycles. The smallest absolute Gasteiger partial charge is 0.242 e. The van der Waals surface area contributed by atoms with E-state index in [-0.39, 0.29) is 18.0 Å². The van der Waals surface area contributed by atoms with E-state index in [1.807, 2.05) is 13.8 Å². The van der Waals surface area contributed by atoms with E-state index in [0.717, 1.165) is 12.1 Å². The number of nitrogens with one attached hydrogen (secondary N) is 2. The topological polar surface area (TPSA) is 68.8 Å². The third-order valence-electron chi connectivity index (χ3n) is 3.44. The Hall–Kier alpha value is -2.11. The minimum atomic E-state index is -0.378. The van der Waals surface area contributed by atoms with E-state index in [9.17, 15) is 4.79 Å². The zero-order valence-electron chi connectivity index (χ0n) is 14.1. The maximum atomic E-state index is 12.1. The number of rotatable bonds is 8. The van der Waals surface area contributed by atoms with Crippen molar-refractivity contribution >= 4 is 11.6 Å². The fourth-order valence-electron chi connectivity index (χ4n) is 1.95. The highest BCUT2D eigenvalue weighted by atomic mass is 16.5. The van der Waals surface area contributed by atoms with Gasteiger partial charge in [-0.05, 0) is 20.3 Å². The number of anilines is 1. The summed E-state index contributed by atoms with van der Waals surface area (Å²) in [5.41, 5.74) is 0.723. The molecule has 0 bridgehead atoms. The van der Waals surface area contributed by atoms with Gasteiger partial charge in [0, 0.05) is 23.9 Å². The predicted molar refractivity (Wildman–Crippen MR) is 87.1 cm³/mol. The molecule has 6 heteroatoms. The predicted octanol–water partition coefficient (Wildman–Crippen LogP) is 2.43. The summed E-state index contributed by atoms with van der Waals surface area (Å²) in [6.45, 7) is 5.81. The summed E-state index contributed by atoms with van der Waals surface area (Å²) in [4.78, 5) is 12.1. The van der Waals surface area contributed by atoms with Crippen molar-refractivity contribution in [2.24, 2.45) is 0 Å². The summed E-state index contributed by atoms with van der Waals surface area (Å²) in [5, 5.41) is 6.08. The van der Waals surface area contributed by atoms with Gasteiger partial charge in [-0.25, -0.2) is 0 Å². The first-order chi connectivity index (χ1) is 10.5. The molecular weight excluding hydrogens is 284 g/mol. The lowest BCUT2D eigenvalue weighted by Crippen LogP contribution is -2.41. The number of carbonyl (C=O) groups excluding carboxylic acids is 1. The van der Waals surface area contributed by atoms with Crippen LogP contribution in [-0.4, -0.2) is 39.3 Å². The van der Waals surface area contributed by atoms with Gasteiger partial charge in [-0.2, -0.15) is 0 Å². The standard InChI is InChI=1S/C16H26N2O4/c1-7-10(2)17-16(19)11(3)18-12-8-13(20-4)15(22-6)14(9-12)21-5/h8-11,18H,7H2,1-6H3,(H,17,19). The molecule has 2 N–H and O–H groups in total. The summed E-state index contributed by atoms with van der Waals surface area (Å²) in [5.74, 6) is 1.55. The first-order valence-electron chi connectivity index (χ1n) is 7.33. The van der Waals surface area contributed by atoms with Crippen molar-refractivity contribution in [1.82, 2.24) is 5.32 Å². The van der Waals surface area contributed by atoms with Gasteiger partial charge in [-0.3, -0.25) is 4.79 Å². The molecule has 0 saturated heterocycles. The third kappa shape index (κ3) is 4.44.